The Morgan fingerprint density at radius 2 is 1.50 bits per heavy atom. The van der Waals surface area contributed by atoms with Crippen LogP contribution in [0.2, 0.25) is 0 Å². The Morgan fingerprint density at radius 1 is 0.929 bits per heavy atom. The lowest BCUT2D eigenvalue weighted by Crippen LogP contribution is -2.42. The molecule has 7 nitrogen and oxygen atoms in total. The van der Waals surface area contributed by atoms with Crippen LogP contribution >= 0.6 is 8.60 Å². The Morgan fingerprint density at radius 3 is 2.04 bits per heavy atom. The molecule has 0 saturated carbocycles. The number of nitrogens with zero attached hydrogens (tertiary/aromatic N) is 1. The highest BCUT2D eigenvalue weighted by atomic mass is 31.2. The summed E-state index contributed by atoms with van der Waals surface area (Å²) in [6.07, 6.45) is 10.8. The second-order valence-corrected chi connectivity index (χ2v) is 9.25. The number of aliphatic carboxylic acids is 1. The molecule has 0 rings (SSSR count). The van der Waals surface area contributed by atoms with Crippen molar-refractivity contribution in [2.24, 2.45) is 0 Å². The molecule has 0 aromatic heterocycles. The first-order valence-electron chi connectivity index (χ1n) is 10.6. The maximum absolute atomic E-state index is 10.9. The van der Waals surface area contributed by atoms with Crippen LogP contribution in [0, 0.1) is 0 Å². The molecular formula is C20H43NO6P+. The van der Waals surface area contributed by atoms with Gasteiger partial charge in [-0.25, -0.2) is 0 Å². The minimum absolute atomic E-state index is 0.159. The van der Waals surface area contributed by atoms with E-state index in [0.717, 1.165) is 6.42 Å². The van der Waals surface area contributed by atoms with E-state index in [2.05, 4.69) is 6.92 Å². The van der Waals surface area contributed by atoms with E-state index < -0.39 is 20.7 Å². The Labute approximate surface area is 172 Å². The summed E-state index contributed by atoms with van der Waals surface area (Å²) < 4.78 is 16.7. The quantitative estimate of drug-likeness (QED) is 0.172. The van der Waals surface area contributed by atoms with Crippen molar-refractivity contribution in [1.82, 2.24) is 0 Å². The number of ether oxygens (including phenoxy) is 1. The summed E-state index contributed by atoms with van der Waals surface area (Å²) in [5, 5.41) is 8.97. The first-order chi connectivity index (χ1) is 13.2. The third-order valence-corrected chi connectivity index (χ3v) is 5.10. The van der Waals surface area contributed by atoms with E-state index in [1.165, 1.54) is 51.4 Å². The highest BCUT2D eigenvalue weighted by molar-refractivity contribution is 7.40. The fourth-order valence-electron chi connectivity index (χ4n) is 2.89. The van der Waals surface area contributed by atoms with Gasteiger partial charge in [0.1, 0.15) is 12.6 Å². The van der Waals surface area contributed by atoms with Crippen LogP contribution in [0.15, 0.2) is 0 Å². The van der Waals surface area contributed by atoms with Crippen molar-refractivity contribution >= 4 is 14.6 Å². The Kier molecular flexibility index (Phi) is 17.4. The summed E-state index contributed by atoms with van der Waals surface area (Å²) in [5.74, 6) is -0.953. The second-order valence-electron chi connectivity index (χ2n) is 8.31. The van der Waals surface area contributed by atoms with Crippen molar-refractivity contribution in [3.8, 4) is 0 Å². The van der Waals surface area contributed by atoms with E-state index in [1.807, 2.05) is 21.1 Å². The van der Waals surface area contributed by atoms with Crippen LogP contribution < -0.4 is 0 Å². The number of unbranched alkanes of at least 4 members (excludes halogenated alkanes) is 8. The number of likely N-dealkylation sites (N-methyl/N-ethyl adjacent to an activating group) is 1. The molecule has 0 aromatic rings. The second kappa shape index (κ2) is 17.5. The fourth-order valence-corrected chi connectivity index (χ4v) is 3.58. The number of carboxylic acid groups (broad SMARTS) is 1. The van der Waals surface area contributed by atoms with E-state index in [1.54, 1.807) is 0 Å². The van der Waals surface area contributed by atoms with Gasteiger partial charge in [-0.3, -0.25) is 4.79 Å². The summed E-state index contributed by atoms with van der Waals surface area (Å²) >= 11 is 0. The lowest BCUT2D eigenvalue weighted by Gasteiger charge is -2.29. The lowest BCUT2D eigenvalue weighted by molar-refractivity contribution is -0.873. The van der Waals surface area contributed by atoms with Gasteiger partial charge in [0.05, 0.1) is 40.8 Å². The van der Waals surface area contributed by atoms with Crippen molar-refractivity contribution < 1.29 is 33.1 Å². The topological polar surface area (TPSA) is 85.2 Å². The molecule has 0 heterocycles. The number of carbonyl (C=O) groups is 1. The van der Waals surface area contributed by atoms with Crippen LogP contribution in [0.5, 0.6) is 0 Å². The third kappa shape index (κ3) is 20.4. The minimum atomic E-state index is -2.10. The molecule has 0 fully saturated rings. The predicted molar refractivity (Wildman–Crippen MR) is 113 cm³/mol. The zero-order chi connectivity index (χ0) is 21.3. The molecule has 0 aromatic carbocycles. The molecule has 1 unspecified atom stereocenters. The number of hydrogen-bond acceptors (Lipinski definition) is 5. The van der Waals surface area contributed by atoms with Gasteiger partial charge in [-0.05, 0) is 6.42 Å². The molecule has 28 heavy (non-hydrogen) atoms. The highest BCUT2D eigenvalue weighted by Crippen LogP contribution is 2.35. The van der Waals surface area contributed by atoms with E-state index >= 15 is 0 Å². The number of hydrogen-bond donors (Lipinski definition) is 2. The molecule has 0 aliphatic heterocycles. The maximum atomic E-state index is 10.9. The monoisotopic (exact) mass is 424 g/mol. The van der Waals surface area contributed by atoms with Crippen LogP contribution in [-0.4, -0.2) is 74.1 Å². The number of rotatable bonds is 20. The van der Waals surface area contributed by atoms with Gasteiger partial charge in [-0.2, -0.15) is 0 Å². The van der Waals surface area contributed by atoms with E-state index in [9.17, 15) is 9.69 Å². The summed E-state index contributed by atoms with van der Waals surface area (Å²) in [5.41, 5.74) is 0. The predicted octanol–water partition coefficient (Wildman–Crippen LogP) is 4.34. The van der Waals surface area contributed by atoms with Gasteiger partial charge in [-0.15, -0.1) is 0 Å². The molecule has 0 aliphatic rings. The third-order valence-electron chi connectivity index (χ3n) is 4.21. The smallest absolute Gasteiger partial charge is 0.330 e. The molecule has 8 heteroatoms. The Hall–Kier alpha value is -0.300. The van der Waals surface area contributed by atoms with E-state index in [-0.39, 0.29) is 13.0 Å². The van der Waals surface area contributed by atoms with Crippen molar-refractivity contribution in [3.05, 3.63) is 0 Å². The fraction of sp³-hybridized carbons (Fsp3) is 0.950. The summed E-state index contributed by atoms with van der Waals surface area (Å²) in [4.78, 5) is 20.8. The van der Waals surface area contributed by atoms with Crippen molar-refractivity contribution in [1.29, 1.82) is 0 Å². The molecular weight excluding hydrogens is 381 g/mol. The van der Waals surface area contributed by atoms with Gasteiger partial charge in [-0.1, -0.05) is 58.3 Å². The van der Waals surface area contributed by atoms with Crippen LogP contribution in [0.3, 0.4) is 0 Å². The first-order valence-corrected chi connectivity index (χ1v) is 11.8. The van der Waals surface area contributed by atoms with Gasteiger partial charge >= 0.3 is 14.6 Å². The number of carboxylic acids is 1. The van der Waals surface area contributed by atoms with Crippen LogP contribution in [0.25, 0.3) is 0 Å². The average molecular weight is 425 g/mol. The molecule has 0 radical (unpaired) electrons. The first kappa shape index (κ1) is 27.7. The normalized spacial score (nSPS) is 14.2. The largest absolute Gasteiger partial charge is 0.481 e. The minimum Gasteiger partial charge on any atom is -0.481 e. The maximum Gasteiger partial charge on any atom is 0.330 e. The van der Waals surface area contributed by atoms with Gasteiger partial charge in [0.2, 0.25) is 0 Å². The van der Waals surface area contributed by atoms with Crippen LogP contribution in [0.4, 0.5) is 0 Å². The van der Waals surface area contributed by atoms with Gasteiger partial charge in [0, 0.05) is 6.61 Å². The summed E-state index contributed by atoms with van der Waals surface area (Å²) in [6, 6.07) is 0. The zero-order valence-electron chi connectivity index (χ0n) is 18.4. The van der Waals surface area contributed by atoms with Gasteiger partial charge < -0.3 is 28.3 Å². The van der Waals surface area contributed by atoms with Crippen LogP contribution in [-0.2, 0) is 18.6 Å². The standard InChI is InChI=1S/C20H42NO6P/c1-5-6-7-8-9-10-11-12-13-14-25-15-16-26-28(24)27-19(17-20(22)23)18-21(2,3)4/h19,24H,5-18H2,1-4H3/p+1/t19?,28-/m0/s1. The summed E-state index contributed by atoms with van der Waals surface area (Å²) in [6.45, 7) is 4.06. The highest BCUT2D eigenvalue weighted by Gasteiger charge is 2.25. The SMILES string of the molecule is CCCCCCCCCCCOCCO[P@](O)OC(CC(=O)O)C[N+](C)(C)C. The molecule has 2 atom stereocenters. The van der Waals surface area contributed by atoms with E-state index in [0.29, 0.717) is 24.2 Å². The van der Waals surface area contributed by atoms with Crippen LogP contribution in [0.1, 0.15) is 71.1 Å². The van der Waals surface area contributed by atoms with Crippen molar-refractivity contribution in [2.75, 3.05) is 47.5 Å². The number of quaternary nitrogens is 1. The average Bonchev–Trinajstić information content (AvgIpc) is 2.56. The van der Waals surface area contributed by atoms with Crippen molar-refractivity contribution in [2.45, 2.75) is 77.2 Å². The molecule has 0 amide bonds. The molecule has 168 valence electrons. The zero-order valence-corrected chi connectivity index (χ0v) is 19.3. The molecule has 2 N–H and O–H groups in total. The Balaban J connectivity index is 3.61. The lowest BCUT2D eigenvalue weighted by atomic mass is 10.1. The molecule has 0 aliphatic carbocycles. The molecule has 0 saturated heterocycles. The van der Waals surface area contributed by atoms with Gasteiger partial charge in [0.25, 0.3) is 0 Å². The Bertz CT molecular complexity index is 378. The van der Waals surface area contributed by atoms with Crippen molar-refractivity contribution in [3.63, 3.8) is 0 Å². The van der Waals surface area contributed by atoms with Gasteiger partial charge in [0.15, 0.2) is 0 Å². The molecule has 0 spiro atoms. The van der Waals surface area contributed by atoms with E-state index in [4.69, 9.17) is 18.9 Å². The summed E-state index contributed by atoms with van der Waals surface area (Å²) in [7, 11) is 3.73. The molecule has 0 bridgehead atoms.